The molecule has 0 radical (unpaired) electrons. The molecule has 0 N–H and O–H groups in total. The third-order valence-corrected chi connectivity index (χ3v) is 3.62. The summed E-state index contributed by atoms with van der Waals surface area (Å²) in [7, 11) is 0. The van der Waals surface area contributed by atoms with Crippen LogP contribution in [0, 0.1) is 23.2 Å². The van der Waals surface area contributed by atoms with E-state index in [4.69, 9.17) is 6.11 Å². The second-order valence-corrected chi connectivity index (χ2v) is 7.39. The van der Waals surface area contributed by atoms with Crippen molar-refractivity contribution in [1.29, 1.82) is 0 Å². The van der Waals surface area contributed by atoms with Gasteiger partial charge in [-0.05, 0) is 42.9 Å². The molecule has 1 heteroatoms. The lowest BCUT2D eigenvalue weighted by atomic mass is 9.71. The van der Waals surface area contributed by atoms with Crippen LogP contribution in [0.25, 0.3) is 0 Å². The molecule has 0 spiro atoms. The SMILES string of the molecule is [2H]C1OC(C)(CC(C)C)C(CC(C)(C)C)C1C. The summed E-state index contributed by atoms with van der Waals surface area (Å²) in [6.07, 6.45) is 2.21. The van der Waals surface area contributed by atoms with Gasteiger partial charge in [-0.15, -0.1) is 0 Å². The van der Waals surface area contributed by atoms with Crippen molar-refractivity contribution >= 4 is 0 Å². The standard InChI is InChI=1S/C15H30O/c1-11(2)8-15(7)13(9-14(4,5)6)12(3)10-16-15/h11-13H,8-10H2,1-7H3/i10D. The highest BCUT2D eigenvalue weighted by Gasteiger charge is 2.45. The van der Waals surface area contributed by atoms with Crippen molar-refractivity contribution in [1.82, 2.24) is 0 Å². The molecule has 0 aromatic heterocycles. The van der Waals surface area contributed by atoms with Crippen molar-refractivity contribution < 1.29 is 6.11 Å². The highest BCUT2D eigenvalue weighted by molar-refractivity contribution is 4.94. The predicted molar refractivity (Wildman–Crippen MR) is 70.5 cm³/mol. The molecule has 96 valence electrons. The van der Waals surface area contributed by atoms with Crippen LogP contribution in [0.4, 0.5) is 0 Å². The van der Waals surface area contributed by atoms with E-state index in [1.807, 2.05) is 0 Å². The first-order valence-electron chi connectivity index (χ1n) is 7.23. The lowest BCUT2D eigenvalue weighted by molar-refractivity contribution is -0.0301. The van der Waals surface area contributed by atoms with E-state index in [1.54, 1.807) is 0 Å². The predicted octanol–water partition coefficient (Wildman–Crippen LogP) is 4.51. The van der Waals surface area contributed by atoms with Gasteiger partial charge in [-0.1, -0.05) is 41.5 Å². The maximum absolute atomic E-state index is 8.05. The maximum Gasteiger partial charge on any atom is 0.0688 e. The molecule has 4 unspecified atom stereocenters. The first-order chi connectivity index (χ1) is 7.55. The van der Waals surface area contributed by atoms with Crippen molar-refractivity contribution in [2.45, 2.75) is 66.9 Å². The van der Waals surface area contributed by atoms with Gasteiger partial charge in [0.25, 0.3) is 0 Å². The van der Waals surface area contributed by atoms with E-state index in [0.717, 1.165) is 12.8 Å². The van der Waals surface area contributed by atoms with Crippen molar-refractivity contribution in [2.24, 2.45) is 23.2 Å². The van der Waals surface area contributed by atoms with Crippen molar-refractivity contribution in [2.75, 3.05) is 6.58 Å². The van der Waals surface area contributed by atoms with Gasteiger partial charge in [-0.25, -0.2) is 0 Å². The number of hydrogen-bond donors (Lipinski definition) is 0. The summed E-state index contributed by atoms with van der Waals surface area (Å²) in [6, 6.07) is 0. The van der Waals surface area contributed by atoms with Gasteiger partial charge in [0.15, 0.2) is 0 Å². The molecular weight excluding hydrogens is 196 g/mol. The first kappa shape index (κ1) is 12.4. The largest absolute Gasteiger partial charge is 0.375 e. The van der Waals surface area contributed by atoms with E-state index in [9.17, 15) is 0 Å². The van der Waals surface area contributed by atoms with Crippen LogP contribution >= 0.6 is 0 Å². The number of rotatable bonds is 3. The molecule has 1 aliphatic heterocycles. The zero-order valence-electron chi connectivity index (χ0n) is 13.1. The molecule has 1 nitrogen and oxygen atoms in total. The number of hydrogen-bond acceptors (Lipinski definition) is 1. The van der Waals surface area contributed by atoms with Crippen molar-refractivity contribution in [3.63, 3.8) is 0 Å². The Kier molecular flexibility index (Phi) is 3.63. The van der Waals surface area contributed by atoms with Crippen molar-refractivity contribution in [3.05, 3.63) is 0 Å². The fraction of sp³-hybridized carbons (Fsp3) is 1.00. The summed E-state index contributed by atoms with van der Waals surface area (Å²) < 4.78 is 14.1. The summed E-state index contributed by atoms with van der Waals surface area (Å²) in [5.41, 5.74) is 0.206. The van der Waals surface area contributed by atoms with Gasteiger partial charge in [0, 0.05) is 0 Å². The molecule has 0 aromatic rings. The van der Waals surface area contributed by atoms with Gasteiger partial charge < -0.3 is 4.74 Å². The number of ether oxygens (including phenoxy) is 1. The van der Waals surface area contributed by atoms with E-state index in [1.165, 1.54) is 0 Å². The average Bonchev–Trinajstić information content (AvgIpc) is 2.26. The minimum Gasteiger partial charge on any atom is -0.375 e. The Bertz CT molecular complexity index is 252. The van der Waals surface area contributed by atoms with Gasteiger partial charge >= 0.3 is 0 Å². The minimum absolute atomic E-state index is 0.104. The average molecular weight is 227 g/mol. The fourth-order valence-electron chi connectivity index (χ4n) is 3.07. The quantitative estimate of drug-likeness (QED) is 0.689. The minimum atomic E-state index is -0.342. The van der Waals surface area contributed by atoms with Crippen LogP contribution in [0.5, 0.6) is 0 Å². The highest BCUT2D eigenvalue weighted by Crippen LogP contribution is 2.45. The highest BCUT2D eigenvalue weighted by atomic mass is 16.5. The smallest absolute Gasteiger partial charge is 0.0688 e. The van der Waals surface area contributed by atoms with E-state index < -0.39 is 0 Å². The molecule has 0 amide bonds. The Morgan fingerprint density at radius 2 is 2.00 bits per heavy atom. The van der Waals surface area contributed by atoms with Crippen LogP contribution in [-0.2, 0) is 4.74 Å². The molecule has 1 heterocycles. The van der Waals surface area contributed by atoms with Gasteiger partial charge in [0.2, 0.25) is 0 Å². The molecule has 16 heavy (non-hydrogen) atoms. The third-order valence-electron chi connectivity index (χ3n) is 3.62. The molecular formula is C15H30O. The lowest BCUT2D eigenvalue weighted by Crippen LogP contribution is -2.37. The van der Waals surface area contributed by atoms with E-state index in [2.05, 4.69) is 48.5 Å². The summed E-state index contributed by atoms with van der Waals surface area (Å²) in [5, 5.41) is 0. The Balaban J connectivity index is 2.87. The zero-order valence-corrected chi connectivity index (χ0v) is 12.1. The maximum atomic E-state index is 8.05. The Morgan fingerprint density at radius 1 is 1.44 bits per heavy atom. The van der Waals surface area contributed by atoms with Crippen LogP contribution in [0.15, 0.2) is 0 Å². The summed E-state index contributed by atoms with van der Waals surface area (Å²) in [6.45, 7) is 15.4. The molecule has 1 saturated heterocycles. The summed E-state index contributed by atoms with van der Waals surface area (Å²) >= 11 is 0. The van der Waals surface area contributed by atoms with Crippen LogP contribution in [-0.4, -0.2) is 12.2 Å². The first-order valence-corrected chi connectivity index (χ1v) is 6.65. The van der Waals surface area contributed by atoms with Crippen LogP contribution in [0.3, 0.4) is 0 Å². The molecule has 0 bridgehead atoms. The molecule has 0 saturated carbocycles. The van der Waals surface area contributed by atoms with E-state index >= 15 is 0 Å². The molecule has 0 aromatic carbocycles. The van der Waals surface area contributed by atoms with Gasteiger partial charge in [-0.2, -0.15) is 0 Å². The monoisotopic (exact) mass is 227 g/mol. The second kappa shape index (κ2) is 4.68. The Labute approximate surface area is 103 Å². The Morgan fingerprint density at radius 3 is 2.44 bits per heavy atom. The van der Waals surface area contributed by atoms with E-state index in [0.29, 0.717) is 23.2 Å². The Hall–Kier alpha value is -0.0400. The van der Waals surface area contributed by atoms with E-state index in [-0.39, 0.29) is 12.2 Å². The topological polar surface area (TPSA) is 9.23 Å². The third kappa shape index (κ3) is 3.48. The van der Waals surface area contributed by atoms with Crippen LogP contribution in [0.2, 0.25) is 0 Å². The molecule has 1 fully saturated rings. The van der Waals surface area contributed by atoms with Gasteiger partial charge in [0.05, 0.1) is 13.6 Å². The van der Waals surface area contributed by atoms with Crippen LogP contribution < -0.4 is 0 Å². The van der Waals surface area contributed by atoms with Crippen molar-refractivity contribution in [3.8, 4) is 0 Å². The normalized spacial score (nSPS) is 41.5. The second-order valence-electron chi connectivity index (χ2n) is 7.39. The fourth-order valence-corrected chi connectivity index (χ4v) is 3.07. The molecule has 1 rings (SSSR count). The molecule has 1 aliphatic rings. The summed E-state index contributed by atoms with van der Waals surface area (Å²) in [4.78, 5) is 0. The van der Waals surface area contributed by atoms with Crippen LogP contribution in [0.1, 0.15) is 62.7 Å². The summed E-state index contributed by atoms with van der Waals surface area (Å²) in [5.74, 6) is 1.48. The molecule has 4 atom stereocenters. The lowest BCUT2D eigenvalue weighted by Gasteiger charge is -2.37. The molecule has 0 aliphatic carbocycles. The van der Waals surface area contributed by atoms with Gasteiger partial charge in [-0.3, -0.25) is 0 Å². The zero-order chi connectivity index (χ0) is 13.4. The van der Waals surface area contributed by atoms with Gasteiger partial charge in [0.1, 0.15) is 0 Å².